The van der Waals surface area contributed by atoms with E-state index < -0.39 is 11.9 Å². The molecule has 3 atom stereocenters. The normalized spacial score (nSPS) is 19.6. The third kappa shape index (κ3) is 10.9. The monoisotopic (exact) mass is 850 g/mol. The maximum Gasteiger partial charge on any atom is 0.282 e. The van der Waals surface area contributed by atoms with Crippen LogP contribution in [0.15, 0.2) is 57.9 Å². The Morgan fingerprint density at radius 1 is 0.947 bits per heavy atom. The molecule has 0 bridgehead atoms. The maximum absolute atomic E-state index is 12.9. The van der Waals surface area contributed by atoms with E-state index in [1.165, 1.54) is 9.58 Å². The summed E-state index contributed by atoms with van der Waals surface area (Å²) in [6.07, 6.45) is 2.97. The molecule has 5 amide bonds. The van der Waals surface area contributed by atoms with E-state index in [1.54, 1.807) is 31.4 Å². The molecular formula is C39H47BrN8O9. The van der Waals surface area contributed by atoms with Gasteiger partial charge < -0.3 is 40.0 Å². The lowest BCUT2D eigenvalue weighted by Gasteiger charge is -2.37. The van der Waals surface area contributed by atoms with Crippen molar-refractivity contribution in [1.82, 2.24) is 30.2 Å². The van der Waals surface area contributed by atoms with Gasteiger partial charge in [-0.25, -0.2) is 4.68 Å². The lowest BCUT2D eigenvalue weighted by atomic mass is 9.87. The molecule has 3 aliphatic rings. The van der Waals surface area contributed by atoms with Gasteiger partial charge in [0.1, 0.15) is 17.1 Å². The second-order valence-electron chi connectivity index (χ2n) is 14.3. The van der Waals surface area contributed by atoms with E-state index in [9.17, 15) is 28.8 Å². The van der Waals surface area contributed by atoms with E-state index in [2.05, 4.69) is 54.2 Å². The number of likely N-dealkylation sites (tertiary alicyclic amines) is 1. The zero-order valence-electron chi connectivity index (χ0n) is 31.9. The summed E-state index contributed by atoms with van der Waals surface area (Å²) in [5, 5.41) is 15.5. The molecule has 18 heteroatoms. The minimum atomic E-state index is -0.705. The molecule has 57 heavy (non-hydrogen) atoms. The van der Waals surface area contributed by atoms with Crippen LogP contribution in [-0.4, -0.2) is 128 Å². The molecule has 1 unspecified atom stereocenters. The number of fused-ring (bicyclic) bond motifs is 1. The molecule has 6 rings (SSSR count). The van der Waals surface area contributed by atoms with Gasteiger partial charge in [-0.2, -0.15) is 5.10 Å². The highest BCUT2D eigenvalue weighted by atomic mass is 79.9. The predicted molar refractivity (Wildman–Crippen MR) is 212 cm³/mol. The van der Waals surface area contributed by atoms with Gasteiger partial charge in [0.05, 0.1) is 44.9 Å². The summed E-state index contributed by atoms with van der Waals surface area (Å²) in [4.78, 5) is 77.7. The molecule has 3 aliphatic heterocycles. The molecule has 304 valence electrons. The fourth-order valence-corrected chi connectivity index (χ4v) is 7.67. The van der Waals surface area contributed by atoms with Crippen molar-refractivity contribution in [2.45, 2.75) is 43.8 Å². The van der Waals surface area contributed by atoms with Crippen LogP contribution < -0.4 is 26.8 Å². The first-order valence-electron chi connectivity index (χ1n) is 18.8. The number of imide groups is 1. The summed E-state index contributed by atoms with van der Waals surface area (Å²) >= 11 is 3.39. The second-order valence-corrected chi connectivity index (χ2v) is 15.1. The van der Waals surface area contributed by atoms with E-state index >= 15 is 0 Å². The number of benzene rings is 2. The molecule has 0 aliphatic carbocycles. The number of rotatable bonds is 17. The number of anilines is 2. The highest BCUT2D eigenvalue weighted by Crippen LogP contribution is 2.31. The fourth-order valence-electron chi connectivity index (χ4n) is 7.20. The average molecular weight is 852 g/mol. The second kappa shape index (κ2) is 19.4. The van der Waals surface area contributed by atoms with Crippen LogP contribution in [0.5, 0.6) is 0 Å². The van der Waals surface area contributed by atoms with Crippen molar-refractivity contribution in [1.29, 1.82) is 0 Å². The van der Waals surface area contributed by atoms with Crippen molar-refractivity contribution in [3.8, 4) is 0 Å². The molecule has 4 heterocycles. The van der Waals surface area contributed by atoms with E-state index in [1.807, 2.05) is 24.3 Å². The number of carbonyl (C=O) groups excluding carboxylic acids is 5. The van der Waals surface area contributed by atoms with Crippen molar-refractivity contribution in [2.24, 2.45) is 7.05 Å². The molecule has 0 spiro atoms. The Kier molecular flexibility index (Phi) is 14.2. The number of nitrogens with one attached hydrogen (secondary N) is 4. The quantitative estimate of drug-likeness (QED) is 0.113. The Morgan fingerprint density at radius 3 is 2.44 bits per heavy atom. The molecule has 3 aromatic rings. The van der Waals surface area contributed by atoms with Gasteiger partial charge in [-0.15, -0.1) is 0 Å². The summed E-state index contributed by atoms with van der Waals surface area (Å²) < 4.78 is 18.2. The van der Waals surface area contributed by atoms with Crippen molar-refractivity contribution in [3.63, 3.8) is 0 Å². The summed E-state index contributed by atoms with van der Waals surface area (Å²) in [6, 6.07) is 12.0. The number of likely N-dealkylation sites (N-methyl/N-ethyl adjacent to an activating group) is 1. The van der Waals surface area contributed by atoms with E-state index in [0.29, 0.717) is 58.9 Å². The summed E-state index contributed by atoms with van der Waals surface area (Å²) in [5.74, 6) is -1.41. The van der Waals surface area contributed by atoms with E-state index in [4.69, 9.17) is 14.2 Å². The number of carbonyl (C=O) groups is 5. The molecule has 0 saturated carbocycles. The first-order valence-corrected chi connectivity index (χ1v) is 19.6. The molecule has 2 aromatic carbocycles. The molecular weight excluding hydrogens is 804 g/mol. The van der Waals surface area contributed by atoms with Crippen molar-refractivity contribution >= 4 is 56.8 Å². The number of aromatic nitrogens is 2. The zero-order chi connectivity index (χ0) is 40.5. The van der Waals surface area contributed by atoms with Crippen LogP contribution in [0.1, 0.15) is 57.0 Å². The molecule has 1 aromatic heterocycles. The number of aryl methyl sites for hydroxylation is 1. The van der Waals surface area contributed by atoms with Crippen LogP contribution in [0, 0.1) is 0 Å². The van der Waals surface area contributed by atoms with Crippen LogP contribution in [0.4, 0.5) is 11.4 Å². The molecule has 0 radical (unpaired) electrons. The Bertz CT molecular complexity index is 2030. The SMILES string of the molecule is CN1C[C@@H](Nc2cnn(C)c(=O)c2Br)C[C@@H](c2ccc(C(=O)NCCOCCOCCOCC(=O)Nc3ccc4c(c3)CN(C3CCC(=O)NC3=O)C4=O)cc2)C1. The van der Waals surface area contributed by atoms with Crippen LogP contribution in [-0.2, 0) is 42.2 Å². The van der Waals surface area contributed by atoms with Gasteiger partial charge >= 0.3 is 0 Å². The lowest BCUT2D eigenvalue weighted by molar-refractivity contribution is -0.137. The standard InChI is InChI=1S/C39H47BrN8O9/c1-46-20-26(17-29(22-46)43-31-19-42-47(2)39(54)35(31)40)24-3-5-25(6-4-24)36(51)41-11-12-55-13-14-56-15-16-57-23-34(50)44-28-7-8-30-27(18-28)21-48(38(30)53)32-9-10-33(49)45-37(32)52/h3-8,18-19,26,29,32,43H,9-17,20-23H2,1-2H3,(H,41,51)(H,44,50)(H,45,49,52)/t26-,29+,32?/m1/s1. The number of ether oxygens (including phenoxy) is 3. The average Bonchev–Trinajstić information content (AvgIpc) is 3.51. The number of hydrogen-bond acceptors (Lipinski definition) is 12. The first kappa shape index (κ1) is 41.6. The van der Waals surface area contributed by atoms with Gasteiger partial charge in [0.25, 0.3) is 17.4 Å². The molecule has 2 fully saturated rings. The maximum atomic E-state index is 12.9. The van der Waals surface area contributed by atoms with E-state index in [-0.39, 0.29) is 80.4 Å². The Balaban J connectivity index is 0.803. The number of nitrogens with zero attached hydrogens (tertiary/aromatic N) is 4. The summed E-state index contributed by atoms with van der Waals surface area (Å²) in [5.41, 5.74) is 3.82. The minimum Gasteiger partial charge on any atom is -0.379 e. The van der Waals surface area contributed by atoms with Crippen molar-refractivity contribution < 1.29 is 38.2 Å². The lowest BCUT2D eigenvalue weighted by Crippen LogP contribution is -2.52. The first-order chi connectivity index (χ1) is 27.5. The molecule has 17 nitrogen and oxygen atoms in total. The zero-order valence-corrected chi connectivity index (χ0v) is 33.5. The van der Waals surface area contributed by atoms with Crippen molar-refractivity contribution in [2.75, 3.05) is 77.0 Å². The van der Waals surface area contributed by atoms with Gasteiger partial charge in [0, 0.05) is 62.5 Å². The molecule has 2 saturated heterocycles. The third-order valence-electron chi connectivity index (χ3n) is 10.0. The number of halogens is 1. The fraction of sp³-hybridized carbons (Fsp3) is 0.462. The molecule has 4 N–H and O–H groups in total. The largest absolute Gasteiger partial charge is 0.379 e. The number of hydrogen-bond donors (Lipinski definition) is 4. The summed E-state index contributed by atoms with van der Waals surface area (Å²) in [6.45, 7) is 3.49. The highest BCUT2D eigenvalue weighted by molar-refractivity contribution is 9.10. The van der Waals surface area contributed by atoms with Gasteiger partial charge in [-0.3, -0.25) is 34.1 Å². The number of piperidine rings is 2. The predicted octanol–water partition coefficient (Wildman–Crippen LogP) is 1.62. The summed E-state index contributed by atoms with van der Waals surface area (Å²) in [7, 11) is 3.68. The topological polar surface area (TPSA) is 203 Å². The van der Waals surface area contributed by atoms with Gasteiger partial charge in [0.15, 0.2) is 0 Å². The van der Waals surface area contributed by atoms with Gasteiger partial charge in [0.2, 0.25) is 17.7 Å². The Hall–Kier alpha value is -5.01. The Labute approximate surface area is 337 Å². The van der Waals surface area contributed by atoms with Crippen LogP contribution in [0.25, 0.3) is 0 Å². The van der Waals surface area contributed by atoms with Gasteiger partial charge in [-0.1, -0.05) is 12.1 Å². The third-order valence-corrected chi connectivity index (χ3v) is 10.8. The van der Waals surface area contributed by atoms with Crippen molar-refractivity contribution in [3.05, 3.63) is 85.7 Å². The highest BCUT2D eigenvalue weighted by Gasteiger charge is 2.39. The van der Waals surface area contributed by atoms with Gasteiger partial charge in [-0.05, 0) is 83.2 Å². The van der Waals surface area contributed by atoms with E-state index in [0.717, 1.165) is 25.1 Å². The minimum absolute atomic E-state index is 0.114. The van der Waals surface area contributed by atoms with Crippen LogP contribution >= 0.6 is 15.9 Å². The van der Waals surface area contributed by atoms with Crippen LogP contribution in [0.3, 0.4) is 0 Å². The Morgan fingerprint density at radius 2 is 1.68 bits per heavy atom. The van der Waals surface area contributed by atoms with Crippen LogP contribution in [0.2, 0.25) is 0 Å². The number of amides is 5. The smallest absolute Gasteiger partial charge is 0.282 e.